The van der Waals surface area contributed by atoms with Crippen molar-refractivity contribution in [2.24, 2.45) is 0 Å². The molecule has 0 saturated heterocycles. The van der Waals surface area contributed by atoms with Crippen molar-refractivity contribution in [1.82, 2.24) is 4.98 Å². The molecule has 0 spiro atoms. The maximum Gasteiger partial charge on any atom is 0.340 e. The Morgan fingerprint density at radius 2 is 2.14 bits per heavy atom. The van der Waals surface area contributed by atoms with Crippen molar-refractivity contribution in [1.29, 1.82) is 0 Å². The molecule has 21 heavy (non-hydrogen) atoms. The van der Waals surface area contributed by atoms with Gasteiger partial charge >= 0.3 is 5.97 Å². The average Bonchev–Trinajstić information content (AvgIpc) is 2.50. The molecule has 110 valence electrons. The van der Waals surface area contributed by atoms with E-state index in [1.165, 1.54) is 0 Å². The summed E-state index contributed by atoms with van der Waals surface area (Å²) in [6.45, 7) is 2.54. The zero-order chi connectivity index (χ0) is 15.1. The summed E-state index contributed by atoms with van der Waals surface area (Å²) < 4.78 is 10.6. The highest BCUT2D eigenvalue weighted by molar-refractivity contribution is 5.95. The van der Waals surface area contributed by atoms with Crippen LogP contribution in [0, 0.1) is 0 Å². The predicted molar refractivity (Wildman–Crippen MR) is 80.2 cm³/mol. The molecule has 1 aromatic heterocycles. The fourth-order valence-corrected chi connectivity index (χ4v) is 1.83. The van der Waals surface area contributed by atoms with Crippen molar-refractivity contribution in [3.63, 3.8) is 0 Å². The normalized spacial score (nSPS) is 10.1. The quantitative estimate of drug-likeness (QED) is 0.652. The maximum atomic E-state index is 11.7. The molecular formula is C16H18N2O3. The van der Waals surface area contributed by atoms with Gasteiger partial charge < -0.3 is 15.2 Å². The van der Waals surface area contributed by atoms with Gasteiger partial charge in [0.25, 0.3) is 0 Å². The molecule has 5 heteroatoms. The van der Waals surface area contributed by atoms with Gasteiger partial charge in [-0.05, 0) is 37.3 Å². The zero-order valence-corrected chi connectivity index (χ0v) is 11.9. The van der Waals surface area contributed by atoms with Crippen LogP contribution < -0.4 is 10.5 Å². The highest BCUT2D eigenvalue weighted by Crippen LogP contribution is 2.20. The SMILES string of the molecule is CCOC(=O)c1cc(OCCc2ccccn2)ccc1N. The van der Waals surface area contributed by atoms with Crippen LogP contribution in [0.5, 0.6) is 5.75 Å². The standard InChI is InChI=1S/C16H18N2O3/c1-2-20-16(19)14-11-13(6-7-15(14)17)21-10-8-12-5-3-4-9-18-12/h3-7,9,11H,2,8,10,17H2,1H3. The van der Waals surface area contributed by atoms with Crippen LogP contribution in [0.25, 0.3) is 0 Å². The van der Waals surface area contributed by atoms with Gasteiger partial charge in [-0.2, -0.15) is 0 Å². The second-order valence-electron chi connectivity index (χ2n) is 4.39. The van der Waals surface area contributed by atoms with Crippen LogP contribution in [0.3, 0.4) is 0 Å². The number of nitrogens with zero attached hydrogens (tertiary/aromatic N) is 1. The highest BCUT2D eigenvalue weighted by atomic mass is 16.5. The molecule has 1 heterocycles. The molecule has 0 radical (unpaired) electrons. The van der Waals surface area contributed by atoms with Crippen LogP contribution in [0.15, 0.2) is 42.6 Å². The van der Waals surface area contributed by atoms with Crippen LogP contribution in [0.1, 0.15) is 23.0 Å². The zero-order valence-electron chi connectivity index (χ0n) is 11.9. The van der Waals surface area contributed by atoms with Gasteiger partial charge in [0.05, 0.1) is 18.8 Å². The van der Waals surface area contributed by atoms with Crippen molar-refractivity contribution in [3.8, 4) is 5.75 Å². The molecule has 1 aromatic carbocycles. The lowest BCUT2D eigenvalue weighted by Gasteiger charge is -2.09. The van der Waals surface area contributed by atoms with E-state index < -0.39 is 5.97 Å². The van der Waals surface area contributed by atoms with E-state index in [4.69, 9.17) is 15.2 Å². The summed E-state index contributed by atoms with van der Waals surface area (Å²) in [6.07, 6.45) is 2.44. The number of ether oxygens (including phenoxy) is 2. The summed E-state index contributed by atoms with van der Waals surface area (Å²) in [6, 6.07) is 10.7. The Morgan fingerprint density at radius 1 is 1.29 bits per heavy atom. The third kappa shape index (κ3) is 4.21. The lowest BCUT2D eigenvalue weighted by Crippen LogP contribution is -2.09. The van der Waals surface area contributed by atoms with Gasteiger partial charge in [-0.3, -0.25) is 4.98 Å². The van der Waals surface area contributed by atoms with Crippen LogP contribution >= 0.6 is 0 Å². The van der Waals surface area contributed by atoms with E-state index in [0.717, 1.165) is 5.69 Å². The maximum absolute atomic E-state index is 11.7. The summed E-state index contributed by atoms with van der Waals surface area (Å²) >= 11 is 0. The smallest absolute Gasteiger partial charge is 0.340 e. The van der Waals surface area contributed by atoms with Crippen LogP contribution in [0.4, 0.5) is 5.69 Å². The lowest BCUT2D eigenvalue weighted by molar-refractivity contribution is 0.0527. The van der Waals surface area contributed by atoms with E-state index in [1.54, 1.807) is 31.3 Å². The van der Waals surface area contributed by atoms with Gasteiger partial charge in [-0.15, -0.1) is 0 Å². The number of hydrogen-bond acceptors (Lipinski definition) is 5. The molecule has 0 unspecified atom stereocenters. The Labute approximate surface area is 123 Å². The van der Waals surface area contributed by atoms with E-state index in [0.29, 0.717) is 36.6 Å². The Kier molecular flexibility index (Phi) is 5.15. The van der Waals surface area contributed by atoms with Gasteiger partial charge in [-0.25, -0.2) is 4.79 Å². The minimum atomic E-state index is -0.440. The van der Waals surface area contributed by atoms with Crippen molar-refractivity contribution in [2.45, 2.75) is 13.3 Å². The van der Waals surface area contributed by atoms with Gasteiger partial charge in [-0.1, -0.05) is 6.07 Å². The first-order valence-corrected chi connectivity index (χ1v) is 6.80. The summed E-state index contributed by atoms with van der Waals surface area (Å²) in [7, 11) is 0. The number of carbonyl (C=O) groups is 1. The number of anilines is 1. The second kappa shape index (κ2) is 7.28. The largest absolute Gasteiger partial charge is 0.493 e. The minimum absolute atomic E-state index is 0.309. The molecule has 0 aliphatic heterocycles. The van der Waals surface area contributed by atoms with Crippen molar-refractivity contribution >= 4 is 11.7 Å². The number of carbonyl (C=O) groups excluding carboxylic acids is 1. The molecular weight excluding hydrogens is 268 g/mol. The molecule has 0 aliphatic rings. The first kappa shape index (κ1) is 14.8. The highest BCUT2D eigenvalue weighted by Gasteiger charge is 2.12. The van der Waals surface area contributed by atoms with Crippen LogP contribution in [0.2, 0.25) is 0 Å². The molecule has 2 rings (SSSR count). The number of rotatable bonds is 6. The van der Waals surface area contributed by atoms with Crippen molar-refractivity contribution in [2.75, 3.05) is 18.9 Å². The molecule has 5 nitrogen and oxygen atoms in total. The summed E-state index contributed by atoms with van der Waals surface area (Å²) in [5.74, 6) is 0.147. The number of hydrogen-bond donors (Lipinski definition) is 1. The number of nitrogens with two attached hydrogens (primary N) is 1. The van der Waals surface area contributed by atoms with Gasteiger partial charge in [0.15, 0.2) is 0 Å². The Hall–Kier alpha value is -2.56. The number of nitrogen functional groups attached to an aromatic ring is 1. The third-order valence-electron chi connectivity index (χ3n) is 2.87. The van der Waals surface area contributed by atoms with Crippen molar-refractivity contribution in [3.05, 3.63) is 53.9 Å². The molecule has 2 aromatic rings. The molecule has 0 saturated carbocycles. The monoisotopic (exact) mass is 286 g/mol. The molecule has 0 atom stereocenters. The first-order valence-electron chi connectivity index (χ1n) is 6.80. The molecule has 0 bridgehead atoms. The Bertz CT molecular complexity index is 600. The van der Waals surface area contributed by atoms with E-state index in [1.807, 2.05) is 18.2 Å². The van der Waals surface area contributed by atoms with Gasteiger partial charge in [0, 0.05) is 24.0 Å². The lowest BCUT2D eigenvalue weighted by atomic mass is 10.1. The number of aromatic nitrogens is 1. The minimum Gasteiger partial charge on any atom is -0.493 e. The number of pyridine rings is 1. The van der Waals surface area contributed by atoms with Gasteiger partial charge in [0.1, 0.15) is 5.75 Å². The molecule has 0 amide bonds. The van der Waals surface area contributed by atoms with Crippen LogP contribution in [-0.2, 0) is 11.2 Å². The third-order valence-corrected chi connectivity index (χ3v) is 2.87. The number of benzene rings is 1. The number of esters is 1. The molecule has 2 N–H and O–H groups in total. The Balaban J connectivity index is 1.97. The fraction of sp³-hybridized carbons (Fsp3) is 0.250. The first-order chi connectivity index (χ1) is 10.2. The average molecular weight is 286 g/mol. The van der Waals surface area contributed by atoms with E-state index in [2.05, 4.69) is 4.98 Å². The van der Waals surface area contributed by atoms with Crippen molar-refractivity contribution < 1.29 is 14.3 Å². The predicted octanol–water partition coefficient (Wildman–Crippen LogP) is 2.46. The van der Waals surface area contributed by atoms with Gasteiger partial charge in [0.2, 0.25) is 0 Å². The van der Waals surface area contributed by atoms with E-state index in [-0.39, 0.29) is 0 Å². The molecule has 0 aliphatic carbocycles. The summed E-state index contributed by atoms with van der Waals surface area (Å²) in [5.41, 5.74) is 7.44. The topological polar surface area (TPSA) is 74.4 Å². The Morgan fingerprint density at radius 3 is 2.86 bits per heavy atom. The van der Waals surface area contributed by atoms with E-state index >= 15 is 0 Å². The van der Waals surface area contributed by atoms with E-state index in [9.17, 15) is 4.79 Å². The fourth-order valence-electron chi connectivity index (χ4n) is 1.83. The summed E-state index contributed by atoms with van der Waals surface area (Å²) in [4.78, 5) is 16.0. The second-order valence-corrected chi connectivity index (χ2v) is 4.39. The molecule has 0 fully saturated rings. The van der Waals surface area contributed by atoms with Crippen LogP contribution in [-0.4, -0.2) is 24.2 Å². The summed E-state index contributed by atoms with van der Waals surface area (Å²) in [5, 5.41) is 0.